The first-order chi connectivity index (χ1) is 15.7. The summed E-state index contributed by atoms with van der Waals surface area (Å²) in [6.07, 6.45) is 1.54. The lowest BCUT2D eigenvalue weighted by Gasteiger charge is -2.14. The van der Waals surface area contributed by atoms with Crippen molar-refractivity contribution in [3.05, 3.63) is 90.0 Å². The third-order valence-corrected chi connectivity index (χ3v) is 4.78. The minimum atomic E-state index is -0.463. The van der Waals surface area contributed by atoms with E-state index in [0.717, 1.165) is 0 Å². The summed E-state index contributed by atoms with van der Waals surface area (Å²) in [6.45, 7) is 0.604. The number of amides is 2. The van der Waals surface area contributed by atoms with Crippen molar-refractivity contribution in [3.63, 3.8) is 0 Å². The predicted octanol–water partition coefficient (Wildman–Crippen LogP) is 3.61. The van der Waals surface area contributed by atoms with Gasteiger partial charge in [0.2, 0.25) is 0 Å². The molecule has 1 aliphatic heterocycles. The van der Waals surface area contributed by atoms with Crippen LogP contribution in [0.25, 0.3) is 6.08 Å². The Morgan fingerprint density at radius 1 is 0.844 bits per heavy atom. The Bertz CT molecular complexity index is 1140. The highest BCUT2D eigenvalue weighted by atomic mass is 16.5. The highest BCUT2D eigenvalue weighted by Gasteiger charge is 2.34. The second-order valence-corrected chi connectivity index (χ2v) is 6.89. The molecule has 0 bridgehead atoms. The molecule has 1 heterocycles. The summed E-state index contributed by atoms with van der Waals surface area (Å²) in [5.41, 5.74) is 3.85. The average molecular weight is 430 g/mol. The highest BCUT2D eigenvalue weighted by Crippen LogP contribution is 2.25. The van der Waals surface area contributed by atoms with E-state index < -0.39 is 11.8 Å². The molecule has 162 valence electrons. The van der Waals surface area contributed by atoms with E-state index in [1.807, 2.05) is 36.4 Å². The molecule has 0 aliphatic carbocycles. The number of benzene rings is 3. The van der Waals surface area contributed by atoms with Gasteiger partial charge < -0.3 is 14.2 Å². The van der Waals surface area contributed by atoms with Gasteiger partial charge in [0.1, 0.15) is 36.0 Å². The Morgan fingerprint density at radius 3 is 2.38 bits per heavy atom. The van der Waals surface area contributed by atoms with Crippen molar-refractivity contribution in [2.75, 3.05) is 25.3 Å². The van der Waals surface area contributed by atoms with E-state index in [4.69, 9.17) is 14.2 Å². The van der Waals surface area contributed by atoms with Crippen LogP contribution < -0.4 is 24.6 Å². The van der Waals surface area contributed by atoms with Crippen LogP contribution in [-0.2, 0) is 9.59 Å². The Morgan fingerprint density at radius 2 is 1.56 bits per heavy atom. The first kappa shape index (κ1) is 21.0. The fourth-order valence-electron chi connectivity index (χ4n) is 3.21. The number of anilines is 1. The molecule has 0 radical (unpaired) electrons. The van der Waals surface area contributed by atoms with Crippen molar-refractivity contribution in [3.8, 4) is 17.2 Å². The molecule has 7 nitrogen and oxygen atoms in total. The van der Waals surface area contributed by atoms with Crippen LogP contribution in [0.5, 0.6) is 17.2 Å². The van der Waals surface area contributed by atoms with Gasteiger partial charge in [-0.05, 0) is 36.4 Å². The van der Waals surface area contributed by atoms with E-state index in [0.29, 0.717) is 35.1 Å². The van der Waals surface area contributed by atoms with Crippen LogP contribution in [0.15, 0.2) is 84.4 Å². The SMILES string of the molecule is COc1cccc(OCCOc2ccccc2/C=C2/C(=O)NN(c3ccccc3)C2=O)c1. The maximum Gasteiger partial charge on any atom is 0.282 e. The smallest absolute Gasteiger partial charge is 0.282 e. The molecule has 0 spiro atoms. The van der Waals surface area contributed by atoms with Crippen LogP contribution in [-0.4, -0.2) is 32.1 Å². The van der Waals surface area contributed by atoms with Gasteiger partial charge in [-0.1, -0.05) is 42.5 Å². The maximum atomic E-state index is 12.8. The number of carbonyl (C=O) groups excluding carboxylic acids is 2. The monoisotopic (exact) mass is 430 g/mol. The van der Waals surface area contributed by atoms with Crippen molar-refractivity contribution in [1.82, 2.24) is 5.43 Å². The van der Waals surface area contributed by atoms with E-state index in [-0.39, 0.29) is 12.2 Å². The number of hydrogen-bond donors (Lipinski definition) is 1. The van der Waals surface area contributed by atoms with Gasteiger partial charge in [0.25, 0.3) is 11.8 Å². The van der Waals surface area contributed by atoms with Gasteiger partial charge in [0, 0.05) is 11.6 Å². The minimum Gasteiger partial charge on any atom is -0.497 e. The number of rotatable bonds is 8. The quantitative estimate of drug-likeness (QED) is 0.336. The molecule has 1 aliphatic rings. The largest absolute Gasteiger partial charge is 0.497 e. The van der Waals surface area contributed by atoms with E-state index in [2.05, 4.69) is 5.43 Å². The Balaban J connectivity index is 1.43. The molecule has 3 aromatic carbocycles. The fraction of sp³-hybridized carbons (Fsp3) is 0.120. The van der Waals surface area contributed by atoms with Gasteiger partial charge in [-0.25, -0.2) is 5.01 Å². The summed E-state index contributed by atoms with van der Waals surface area (Å²) < 4.78 is 16.7. The molecule has 7 heteroatoms. The summed E-state index contributed by atoms with van der Waals surface area (Å²) >= 11 is 0. The molecule has 0 saturated carbocycles. The number of methoxy groups -OCH3 is 1. The maximum absolute atomic E-state index is 12.8. The number of nitrogens with zero attached hydrogens (tertiary/aromatic N) is 1. The summed E-state index contributed by atoms with van der Waals surface area (Å²) in [4.78, 5) is 25.2. The molecular formula is C25H22N2O5. The number of carbonyl (C=O) groups is 2. The predicted molar refractivity (Wildman–Crippen MR) is 120 cm³/mol. The molecule has 1 N–H and O–H groups in total. The zero-order valence-electron chi connectivity index (χ0n) is 17.5. The van der Waals surface area contributed by atoms with E-state index in [9.17, 15) is 9.59 Å². The lowest BCUT2D eigenvalue weighted by molar-refractivity contribution is -0.117. The van der Waals surface area contributed by atoms with Crippen LogP contribution in [0.2, 0.25) is 0 Å². The Hall–Kier alpha value is -4.26. The first-order valence-electron chi connectivity index (χ1n) is 10.1. The standard InChI is InChI=1S/C25H22N2O5/c1-30-20-11-7-12-21(17-20)31-14-15-32-23-13-6-5-8-18(23)16-22-24(28)26-27(25(22)29)19-9-3-2-4-10-19/h2-13,16-17H,14-15H2,1H3,(H,26,28)/b22-16-. The molecule has 0 aromatic heterocycles. The van der Waals surface area contributed by atoms with Crippen molar-refractivity contribution in [2.24, 2.45) is 0 Å². The summed E-state index contributed by atoms with van der Waals surface area (Å²) in [5.74, 6) is 1.06. The number of nitrogens with one attached hydrogen (secondary N) is 1. The summed E-state index contributed by atoms with van der Waals surface area (Å²) in [6, 6.07) is 23.5. The van der Waals surface area contributed by atoms with Crippen LogP contribution in [0.3, 0.4) is 0 Å². The third-order valence-electron chi connectivity index (χ3n) is 4.78. The van der Waals surface area contributed by atoms with Gasteiger partial charge in [0.15, 0.2) is 0 Å². The molecule has 32 heavy (non-hydrogen) atoms. The van der Waals surface area contributed by atoms with Gasteiger partial charge in [-0.2, -0.15) is 0 Å². The molecule has 0 unspecified atom stereocenters. The van der Waals surface area contributed by atoms with Crippen LogP contribution >= 0.6 is 0 Å². The van der Waals surface area contributed by atoms with Crippen molar-refractivity contribution >= 4 is 23.6 Å². The third kappa shape index (κ3) is 4.73. The number of ether oxygens (including phenoxy) is 3. The first-order valence-corrected chi connectivity index (χ1v) is 10.1. The van der Waals surface area contributed by atoms with Gasteiger partial charge in [-0.15, -0.1) is 0 Å². The molecule has 0 atom stereocenters. The highest BCUT2D eigenvalue weighted by molar-refractivity contribution is 6.31. The lowest BCUT2D eigenvalue weighted by atomic mass is 10.1. The second kappa shape index (κ2) is 9.70. The topological polar surface area (TPSA) is 77.1 Å². The van der Waals surface area contributed by atoms with Crippen molar-refractivity contribution in [2.45, 2.75) is 0 Å². The van der Waals surface area contributed by atoms with E-state index in [1.165, 1.54) is 5.01 Å². The molecule has 1 saturated heterocycles. The lowest BCUT2D eigenvalue weighted by Crippen LogP contribution is -2.35. The molecular weight excluding hydrogens is 408 g/mol. The molecule has 3 aromatic rings. The van der Waals surface area contributed by atoms with Gasteiger partial charge >= 0.3 is 0 Å². The number of hydrazine groups is 1. The minimum absolute atomic E-state index is 0.0394. The average Bonchev–Trinajstić information content (AvgIpc) is 3.12. The molecule has 4 rings (SSSR count). The van der Waals surface area contributed by atoms with Crippen molar-refractivity contribution in [1.29, 1.82) is 0 Å². The Kier molecular flexibility index (Phi) is 6.36. The van der Waals surface area contributed by atoms with E-state index in [1.54, 1.807) is 55.7 Å². The zero-order valence-corrected chi connectivity index (χ0v) is 17.5. The summed E-state index contributed by atoms with van der Waals surface area (Å²) in [5, 5.41) is 1.24. The zero-order chi connectivity index (χ0) is 22.3. The Labute approximate surface area is 185 Å². The second-order valence-electron chi connectivity index (χ2n) is 6.89. The fourth-order valence-corrected chi connectivity index (χ4v) is 3.21. The van der Waals surface area contributed by atoms with Crippen LogP contribution in [0.1, 0.15) is 5.56 Å². The van der Waals surface area contributed by atoms with E-state index >= 15 is 0 Å². The molecule has 1 fully saturated rings. The van der Waals surface area contributed by atoms with Crippen LogP contribution in [0, 0.1) is 0 Å². The van der Waals surface area contributed by atoms with Gasteiger partial charge in [0.05, 0.1) is 12.8 Å². The van der Waals surface area contributed by atoms with Gasteiger partial charge in [-0.3, -0.25) is 15.0 Å². The number of hydrogen-bond acceptors (Lipinski definition) is 5. The summed E-state index contributed by atoms with van der Waals surface area (Å²) in [7, 11) is 1.60. The van der Waals surface area contributed by atoms with Crippen molar-refractivity contribution < 1.29 is 23.8 Å². The molecule has 2 amide bonds. The number of para-hydroxylation sites is 2. The van der Waals surface area contributed by atoms with Crippen LogP contribution in [0.4, 0.5) is 5.69 Å². The normalized spacial score (nSPS) is 14.4.